The Labute approximate surface area is 66.4 Å². The minimum absolute atomic E-state index is 0.478. The molecule has 1 rings (SSSR count). The number of rotatable bonds is 4. The van der Waals surface area contributed by atoms with Crippen LogP contribution in [0.2, 0.25) is 0 Å². The Morgan fingerprint density at radius 1 is 1.64 bits per heavy atom. The van der Waals surface area contributed by atoms with Gasteiger partial charge in [0.05, 0.1) is 5.69 Å². The molecule has 1 aromatic heterocycles. The first-order valence-electron chi connectivity index (χ1n) is 3.96. The summed E-state index contributed by atoms with van der Waals surface area (Å²) in [5.41, 5.74) is 6.24. The number of hydrogen-bond acceptors (Lipinski definition) is 3. The minimum atomic E-state index is 0.478. The Morgan fingerprint density at radius 2 is 2.45 bits per heavy atom. The van der Waals surface area contributed by atoms with Crippen LogP contribution in [0.4, 0.5) is 0 Å². The molecule has 0 radical (unpaired) electrons. The van der Waals surface area contributed by atoms with Crippen LogP contribution in [0, 0.1) is 0 Å². The van der Waals surface area contributed by atoms with Crippen molar-refractivity contribution in [3.05, 3.63) is 11.9 Å². The summed E-state index contributed by atoms with van der Waals surface area (Å²) in [6.45, 7) is 3.58. The van der Waals surface area contributed by atoms with Crippen molar-refractivity contribution in [1.82, 2.24) is 15.0 Å². The number of hydrogen-bond donors (Lipinski definition) is 1. The van der Waals surface area contributed by atoms with E-state index in [2.05, 4.69) is 17.2 Å². The smallest absolute Gasteiger partial charge is 0.0962 e. The molecule has 11 heavy (non-hydrogen) atoms. The van der Waals surface area contributed by atoms with Crippen molar-refractivity contribution in [2.24, 2.45) is 5.73 Å². The summed E-state index contributed by atoms with van der Waals surface area (Å²) in [6.07, 6.45) is 4.22. The molecule has 1 heterocycles. The van der Waals surface area contributed by atoms with Crippen LogP contribution in [0.25, 0.3) is 0 Å². The molecule has 0 aliphatic rings. The highest BCUT2D eigenvalue weighted by molar-refractivity contribution is 4.90. The molecule has 0 spiro atoms. The van der Waals surface area contributed by atoms with E-state index in [1.807, 2.05) is 10.9 Å². The predicted octanol–water partition coefficient (Wildman–Crippen LogP) is 0.537. The summed E-state index contributed by atoms with van der Waals surface area (Å²) in [7, 11) is 0. The summed E-state index contributed by atoms with van der Waals surface area (Å²) in [5, 5.41) is 7.79. The Morgan fingerprint density at radius 3 is 3.00 bits per heavy atom. The summed E-state index contributed by atoms with van der Waals surface area (Å²) in [6, 6.07) is 0. The second kappa shape index (κ2) is 4.08. The number of nitrogens with two attached hydrogens (primary N) is 1. The summed E-state index contributed by atoms with van der Waals surface area (Å²) >= 11 is 0. The Balaban J connectivity index is 2.44. The van der Waals surface area contributed by atoms with Crippen molar-refractivity contribution in [2.45, 2.75) is 32.9 Å². The molecule has 0 aliphatic heterocycles. The normalized spacial score (nSPS) is 10.4. The lowest BCUT2D eigenvalue weighted by Gasteiger charge is -1.94. The van der Waals surface area contributed by atoms with Crippen LogP contribution in [0.3, 0.4) is 0 Å². The van der Waals surface area contributed by atoms with Crippen LogP contribution in [0.15, 0.2) is 6.20 Å². The fourth-order valence-electron chi connectivity index (χ4n) is 0.861. The molecule has 4 heteroatoms. The Bertz CT molecular complexity index is 206. The molecule has 4 nitrogen and oxygen atoms in total. The zero-order valence-corrected chi connectivity index (χ0v) is 6.82. The highest BCUT2D eigenvalue weighted by Gasteiger charge is 1.95. The second-order valence-electron chi connectivity index (χ2n) is 2.53. The maximum absolute atomic E-state index is 5.38. The van der Waals surface area contributed by atoms with Crippen LogP contribution in [-0.2, 0) is 13.1 Å². The van der Waals surface area contributed by atoms with E-state index in [-0.39, 0.29) is 0 Å². The van der Waals surface area contributed by atoms with Gasteiger partial charge in [-0.15, -0.1) is 5.10 Å². The van der Waals surface area contributed by atoms with Gasteiger partial charge in [-0.2, -0.15) is 0 Å². The number of unbranched alkanes of at least 4 members (excludes halogenated alkanes) is 1. The average molecular weight is 154 g/mol. The molecule has 0 aliphatic carbocycles. The minimum Gasteiger partial charge on any atom is -0.325 e. The van der Waals surface area contributed by atoms with Gasteiger partial charge < -0.3 is 5.73 Å². The lowest BCUT2D eigenvalue weighted by molar-refractivity contribution is 0.553. The van der Waals surface area contributed by atoms with Crippen LogP contribution in [0.1, 0.15) is 25.5 Å². The molecular formula is C7H14N4. The molecule has 0 fully saturated rings. The van der Waals surface area contributed by atoms with Gasteiger partial charge in [-0.25, -0.2) is 0 Å². The zero-order chi connectivity index (χ0) is 8.10. The third kappa shape index (κ3) is 2.31. The number of aromatic nitrogens is 3. The van der Waals surface area contributed by atoms with E-state index in [1.165, 1.54) is 6.42 Å². The summed E-state index contributed by atoms with van der Waals surface area (Å²) < 4.78 is 1.84. The van der Waals surface area contributed by atoms with Crippen molar-refractivity contribution in [3.8, 4) is 0 Å². The fraction of sp³-hybridized carbons (Fsp3) is 0.714. The van der Waals surface area contributed by atoms with E-state index in [0.29, 0.717) is 6.54 Å². The van der Waals surface area contributed by atoms with Gasteiger partial charge in [0.15, 0.2) is 0 Å². The van der Waals surface area contributed by atoms with Crippen molar-refractivity contribution < 1.29 is 0 Å². The summed E-state index contributed by atoms with van der Waals surface area (Å²) in [5.74, 6) is 0. The quantitative estimate of drug-likeness (QED) is 0.688. The van der Waals surface area contributed by atoms with Gasteiger partial charge in [0.25, 0.3) is 0 Å². The first kappa shape index (κ1) is 8.20. The van der Waals surface area contributed by atoms with E-state index < -0.39 is 0 Å². The van der Waals surface area contributed by atoms with Crippen LogP contribution in [0.5, 0.6) is 0 Å². The molecule has 2 N–H and O–H groups in total. The van der Waals surface area contributed by atoms with Gasteiger partial charge >= 0.3 is 0 Å². The molecule has 0 bridgehead atoms. The molecule has 0 amide bonds. The maximum Gasteiger partial charge on any atom is 0.0962 e. The topological polar surface area (TPSA) is 56.7 Å². The molecule has 1 aromatic rings. The van der Waals surface area contributed by atoms with Crippen molar-refractivity contribution >= 4 is 0 Å². The Kier molecular flexibility index (Phi) is 3.04. The van der Waals surface area contributed by atoms with Crippen molar-refractivity contribution in [3.63, 3.8) is 0 Å². The molecule has 0 unspecified atom stereocenters. The molecule has 0 atom stereocenters. The second-order valence-corrected chi connectivity index (χ2v) is 2.53. The van der Waals surface area contributed by atoms with Gasteiger partial charge in [-0.1, -0.05) is 18.6 Å². The van der Waals surface area contributed by atoms with E-state index >= 15 is 0 Å². The third-order valence-corrected chi connectivity index (χ3v) is 1.54. The van der Waals surface area contributed by atoms with E-state index in [0.717, 1.165) is 18.7 Å². The zero-order valence-electron chi connectivity index (χ0n) is 6.82. The van der Waals surface area contributed by atoms with Crippen LogP contribution in [-0.4, -0.2) is 15.0 Å². The maximum atomic E-state index is 5.38. The lowest BCUT2D eigenvalue weighted by atomic mass is 10.3. The van der Waals surface area contributed by atoms with Crippen molar-refractivity contribution in [2.75, 3.05) is 0 Å². The highest BCUT2D eigenvalue weighted by atomic mass is 15.4. The van der Waals surface area contributed by atoms with Crippen LogP contribution >= 0.6 is 0 Å². The summed E-state index contributed by atoms with van der Waals surface area (Å²) in [4.78, 5) is 0. The van der Waals surface area contributed by atoms with E-state index in [9.17, 15) is 0 Å². The van der Waals surface area contributed by atoms with E-state index in [4.69, 9.17) is 5.73 Å². The van der Waals surface area contributed by atoms with Crippen molar-refractivity contribution in [1.29, 1.82) is 0 Å². The van der Waals surface area contributed by atoms with Gasteiger partial charge in [0, 0.05) is 19.3 Å². The van der Waals surface area contributed by atoms with Gasteiger partial charge in [-0.05, 0) is 6.42 Å². The number of nitrogens with zero attached hydrogens (tertiary/aromatic N) is 3. The largest absolute Gasteiger partial charge is 0.325 e. The van der Waals surface area contributed by atoms with E-state index in [1.54, 1.807) is 0 Å². The van der Waals surface area contributed by atoms with Gasteiger partial charge in [0.1, 0.15) is 0 Å². The third-order valence-electron chi connectivity index (χ3n) is 1.54. The molecule has 62 valence electrons. The first-order valence-corrected chi connectivity index (χ1v) is 3.96. The molecule has 0 saturated carbocycles. The van der Waals surface area contributed by atoms with Crippen LogP contribution < -0.4 is 5.73 Å². The predicted molar refractivity (Wildman–Crippen MR) is 42.8 cm³/mol. The number of aryl methyl sites for hydroxylation is 1. The fourth-order valence-corrected chi connectivity index (χ4v) is 0.861. The monoisotopic (exact) mass is 154 g/mol. The molecule has 0 aromatic carbocycles. The highest BCUT2D eigenvalue weighted by Crippen LogP contribution is 1.94. The Hall–Kier alpha value is -0.900. The first-order chi connectivity index (χ1) is 5.36. The standard InChI is InChI=1S/C7H14N4/c1-2-3-4-11-6-7(5-8)9-10-11/h6H,2-5,8H2,1H3. The average Bonchev–Trinajstić information content (AvgIpc) is 2.48. The van der Waals surface area contributed by atoms with Gasteiger partial charge in [0.2, 0.25) is 0 Å². The molecular weight excluding hydrogens is 140 g/mol. The lowest BCUT2D eigenvalue weighted by Crippen LogP contribution is -1.98. The molecule has 0 saturated heterocycles. The van der Waals surface area contributed by atoms with Gasteiger partial charge in [-0.3, -0.25) is 4.68 Å². The SMILES string of the molecule is CCCCn1cc(CN)nn1.